The van der Waals surface area contributed by atoms with E-state index in [1.165, 1.54) is 24.4 Å². The Morgan fingerprint density at radius 1 is 1.36 bits per heavy atom. The van der Waals surface area contributed by atoms with Crippen molar-refractivity contribution >= 4 is 12.1 Å². The Labute approximate surface area is 127 Å². The number of para-hydroxylation sites is 1. The predicted octanol–water partition coefficient (Wildman–Crippen LogP) is 2.69. The van der Waals surface area contributed by atoms with Crippen molar-refractivity contribution in [1.29, 1.82) is 0 Å². The summed E-state index contributed by atoms with van der Waals surface area (Å²) in [5, 5.41) is 13.7. The van der Waals surface area contributed by atoms with Gasteiger partial charge in [0.2, 0.25) is 0 Å². The number of benzene rings is 2. The third-order valence-corrected chi connectivity index (χ3v) is 2.79. The van der Waals surface area contributed by atoms with E-state index in [4.69, 9.17) is 4.74 Å². The quantitative estimate of drug-likeness (QED) is 0.659. The van der Waals surface area contributed by atoms with E-state index in [1.54, 1.807) is 25.1 Å². The van der Waals surface area contributed by atoms with E-state index >= 15 is 0 Å². The highest BCUT2D eigenvalue weighted by atomic mass is 19.1. The molecule has 2 N–H and O–H groups in total. The molecule has 0 unspecified atom stereocenters. The Kier molecular flexibility index (Phi) is 5.08. The Morgan fingerprint density at radius 3 is 2.86 bits per heavy atom. The molecule has 0 bridgehead atoms. The first kappa shape index (κ1) is 15.5. The Morgan fingerprint density at radius 2 is 2.14 bits per heavy atom. The lowest BCUT2D eigenvalue weighted by atomic mass is 10.2. The second-order valence-electron chi connectivity index (χ2n) is 4.34. The molecule has 0 aliphatic heterocycles. The number of carbonyl (C=O) groups excluding carboxylic acids is 1. The molecule has 0 radical (unpaired) electrons. The molecule has 22 heavy (non-hydrogen) atoms. The lowest BCUT2D eigenvalue weighted by molar-refractivity contribution is 0.0954. The molecule has 0 aliphatic rings. The number of ether oxygens (including phenoxy) is 1. The molecule has 0 saturated heterocycles. The SMILES string of the molecule is CCOc1cccc(/C=N/NC(=O)c2cccc(F)c2)c1O. The third-order valence-electron chi connectivity index (χ3n) is 2.79. The average molecular weight is 302 g/mol. The number of hydrogen-bond donors (Lipinski definition) is 2. The van der Waals surface area contributed by atoms with E-state index in [9.17, 15) is 14.3 Å². The number of carbonyl (C=O) groups is 1. The topological polar surface area (TPSA) is 70.9 Å². The monoisotopic (exact) mass is 302 g/mol. The summed E-state index contributed by atoms with van der Waals surface area (Å²) < 4.78 is 18.3. The zero-order valence-corrected chi connectivity index (χ0v) is 11.9. The van der Waals surface area contributed by atoms with Gasteiger partial charge in [-0.15, -0.1) is 0 Å². The van der Waals surface area contributed by atoms with Crippen molar-refractivity contribution in [2.45, 2.75) is 6.92 Å². The molecule has 0 spiro atoms. The smallest absolute Gasteiger partial charge is 0.271 e. The lowest BCUT2D eigenvalue weighted by Gasteiger charge is -2.07. The van der Waals surface area contributed by atoms with Crippen LogP contribution in [0.5, 0.6) is 11.5 Å². The lowest BCUT2D eigenvalue weighted by Crippen LogP contribution is -2.17. The number of nitrogens with zero attached hydrogens (tertiary/aromatic N) is 1. The van der Waals surface area contributed by atoms with E-state index in [0.29, 0.717) is 17.9 Å². The first-order valence-electron chi connectivity index (χ1n) is 6.65. The van der Waals surface area contributed by atoms with Crippen LogP contribution in [-0.2, 0) is 0 Å². The second-order valence-corrected chi connectivity index (χ2v) is 4.34. The zero-order chi connectivity index (χ0) is 15.9. The maximum Gasteiger partial charge on any atom is 0.271 e. The molecule has 1 amide bonds. The Balaban J connectivity index is 2.07. The molecule has 5 nitrogen and oxygen atoms in total. The van der Waals surface area contributed by atoms with Crippen molar-refractivity contribution in [3.05, 3.63) is 59.4 Å². The summed E-state index contributed by atoms with van der Waals surface area (Å²) in [6, 6.07) is 10.2. The number of phenols is 1. The van der Waals surface area contributed by atoms with Crippen LogP contribution in [0.2, 0.25) is 0 Å². The second kappa shape index (κ2) is 7.21. The van der Waals surface area contributed by atoms with Gasteiger partial charge in [-0.2, -0.15) is 5.10 Å². The van der Waals surface area contributed by atoms with Crippen LogP contribution in [0.25, 0.3) is 0 Å². The molecule has 0 heterocycles. The number of hydrazone groups is 1. The van der Waals surface area contributed by atoms with Crippen LogP contribution in [0.1, 0.15) is 22.8 Å². The van der Waals surface area contributed by atoms with Gasteiger partial charge in [-0.1, -0.05) is 12.1 Å². The molecule has 0 saturated carbocycles. The van der Waals surface area contributed by atoms with Crippen LogP contribution in [0, 0.1) is 5.82 Å². The van der Waals surface area contributed by atoms with Crippen LogP contribution < -0.4 is 10.2 Å². The fraction of sp³-hybridized carbons (Fsp3) is 0.125. The number of hydrogen-bond acceptors (Lipinski definition) is 4. The minimum Gasteiger partial charge on any atom is -0.504 e. The van der Waals surface area contributed by atoms with Crippen molar-refractivity contribution in [2.24, 2.45) is 5.10 Å². The minimum atomic E-state index is -0.545. The van der Waals surface area contributed by atoms with Gasteiger partial charge in [-0.3, -0.25) is 4.79 Å². The molecular weight excluding hydrogens is 287 g/mol. The first-order chi connectivity index (χ1) is 10.6. The fourth-order valence-electron chi connectivity index (χ4n) is 1.77. The van der Waals surface area contributed by atoms with E-state index in [1.807, 2.05) is 0 Å². The Bertz CT molecular complexity index is 702. The molecule has 2 rings (SSSR count). The molecule has 6 heteroatoms. The highest BCUT2D eigenvalue weighted by Crippen LogP contribution is 2.28. The predicted molar refractivity (Wildman–Crippen MR) is 80.7 cm³/mol. The highest BCUT2D eigenvalue weighted by Gasteiger charge is 2.07. The minimum absolute atomic E-state index is 0.0619. The molecule has 114 valence electrons. The average Bonchev–Trinajstić information content (AvgIpc) is 2.51. The Hall–Kier alpha value is -2.89. The van der Waals surface area contributed by atoms with Crippen LogP contribution in [0.4, 0.5) is 4.39 Å². The number of nitrogens with one attached hydrogen (secondary N) is 1. The van der Waals surface area contributed by atoms with E-state index in [0.717, 1.165) is 6.07 Å². The van der Waals surface area contributed by atoms with Crippen molar-refractivity contribution in [3.8, 4) is 11.5 Å². The van der Waals surface area contributed by atoms with Crippen molar-refractivity contribution in [2.75, 3.05) is 6.61 Å². The van der Waals surface area contributed by atoms with Crippen LogP contribution in [0.3, 0.4) is 0 Å². The summed E-state index contributed by atoms with van der Waals surface area (Å²) in [6.45, 7) is 2.23. The van der Waals surface area contributed by atoms with Gasteiger partial charge >= 0.3 is 0 Å². The first-order valence-corrected chi connectivity index (χ1v) is 6.65. The largest absolute Gasteiger partial charge is 0.504 e. The normalized spacial score (nSPS) is 10.6. The number of aromatic hydroxyl groups is 1. The van der Waals surface area contributed by atoms with Crippen molar-refractivity contribution < 1.29 is 19.0 Å². The molecule has 2 aromatic rings. The summed E-state index contributed by atoms with van der Waals surface area (Å²) in [7, 11) is 0. The number of rotatable bonds is 5. The summed E-state index contributed by atoms with van der Waals surface area (Å²) in [6.07, 6.45) is 1.29. The molecule has 0 aromatic heterocycles. The number of phenolic OH excluding ortho intramolecular Hbond substituents is 1. The standard InChI is InChI=1S/C16H15FN2O3/c1-2-22-14-8-4-6-12(15(14)20)10-18-19-16(21)11-5-3-7-13(17)9-11/h3-10,20H,2H2,1H3,(H,19,21)/b18-10+. The van der Waals surface area contributed by atoms with Crippen molar-refractivity contribution in [3.63, 3.8) is 0 Å². The van der Waals surface area contributed by atoms with Gasteiger partial charge in [0.15, 0.2) is 11.5 Å². The van der Waals surface area contributed by atoms with Crippen LogP contribution in [-0.4, -0.2) is 23.8 Å². The molecule has 2 aromatic carbocycles. The van der Waals surface area contributed by atoms with Crippen LogP contribution >= 0.6 is 0 Å². The van der Waals surface area contributed by atoms with Crippen LogP contribution in [0.15, 0.2) is 47.6 Å². The van der Waals surface area contributed by atoms with Gasteiger partial charge in [0.1, 0.15) is 5.82 Å². The van der Waals surface area contributed by atoms with E-state index in [2.05, 4.69) is 10.5 Å². The highest BCUT2D eigenvalue weighted by molar-refractivity contribution is 5.95. The summed E-state index contributed by atoms with van der Waals surface area (Å²) in [5.41, 5.74) is 2.82. The third kappa shape index (κ3) is 3.82. The van der Waals surface area contributed by atoms with Gasteiger partial charge in [-0.25, -0.2) is 9.82 Å². The fourth-order valence-corrected chi connectivity index (χ4v) is 1.77. The van der Waals surface area contributed by atoms with E-state index < -0.39 is 11.7 Å². The summed E-state index contributed by atoms with van der Waals surface area (Å²) in [5.74, 6) is -0.772. The summed E-state index contributed by atoms with van der Waals surface area (Å²) in [4.78, 5) is 11.8. The maximum absolute atomic E-state index is 13.0. The molecular formula is C16H15FN2O3. The van der Waals surface area contributed by atoms with Gasteiger partial charge in [0, 0.05) is 11.1 Å². The van der Waals surface area contributed by atoms with Gasteiger partial charge in [0.05, 0.1) is 12.8 Å². The zero-order valence-electron chi connectivity index (χ0n) is 11.9. The molecule has 0 aliphatic carbocycles. The molecule has 0 atom stereocenters. The van der Waals surface area contributed by atoms with Crippen molar-refractivity contribution in [1.82, 2.24) is 5.43 Å². The number of halogens is 1. The summed E-state index contributed by atoms with van der Waals surface area (Å²) >= 11 is 0. The van der Waals surface area contributed by atoms with Gasteiger partial charge in [-0.05, 0) is 37.3 Å². The number of amides is 1. The molecule has 0 fully saturated rings. The van der Waals surface area contributed by atoms with E-state index in [-0.39, 0.29) is 11.3 Å². The van der Waals surface area contributed by atoms with Gasteiger partial charge < -0.3 is 9.84 Å². The maximum atomic E-state index is 13.0. The van der Waals surface area contributed by atoms with Gasteiger partial charge in [0.25, 0.3) is 5.91 Å².